The zero-order valence-corrected chi connectivity index (χ0v) is 12.3. The van der Waals surface area contributed by atoms with E-state index in [0.717, 1.165) is 0 Å². The molecule has 21 heavy (non-hydrogen) atoms. The van der Waals surface area contributed by atoms with Crippen LogP contribution < -0.4 is 0 Å². The predicted octanol–water partition coefficient (Wildman–Crippen LogP) is 5.40. The van der Waals surface area contributed by atoms with Crippen molar-refractivity contribution in [1.82, 2.24) is 4.57 Å². The van der Waals surface area contributed by atoms with Crippen LogP contribution in [0, 0.1) is 13.8 Å². The molecule has 1 nitrogen and oxygen atoms in total. The van der Waals surface area contributed by atoms with E-state index in [0.29, 0.717) is 0 Å². The van der Waals surface area contributed by atoms with E-state index < -0.39 is 0 Å². The molecule has 4 rings (SSSR count). The van der Waals surface area contributed by atoms with Gasteiger partial charge in [0, 0.05) is 16.8 Å². The highest BCUT2D eigenvalue weighted by atomic mass is 15.0. The number of rotatable bonds is 1. The van der Waals surface area contributed by atoms with Gasteiger partial charge < -0.3 is 4.57 Å². The molecule has 0 aliphatic heterocycles. The first kappa shape index (κ1) is 12.2. The molecule has 1 aromatic heterocycles. The normalized spacial score (nSPS) is 11.3. The van der Waals surface area contributed by atoms with Gasteiger partial charge in [-0.3, -0.25) is 0 Å². The Kier molecular flexibility index (Phi) is 2.61. The Morgan fingerprint density at radius 1 is 0.619 bits per heavy atom. The van der Waals surface area contributed by atoms with Crippen LogP contribution in [-0.4, -0.2) is 4.57 Å². The standard InChI is InChI=1S/C20H17N/c1-14-11-12-15(2)21(14)20-13-16-7-3-4-8-17(16)18-9-5-6-10-19(18)20/h3-13H,1-2H3. The zero-order chi connectivity index (χ0) is 14.4. The zero-order valence-electron chi connectivity index (χ0n) is 12.3. The van der Waals surface area contributed by atoms with E-state index in [-0.39, 0.29) is 0 Å². The molecule has 0 radical (unpaired) electrons. The van der Waals surface area contributed by atoms with Crippen molar-refractivity contribution >= 4 is 21.5 Å². The molecule has 0 N–H and O–H groups in total. The molecular formula is C20H17N. The SMILES string of the molecule is Cc1ccc(C)n1-c1cc2ccccc2c2ccccc12. The Bertz CT molecular complexity index is 941. The second kappa shape index (κ2) is 4.49. The lowest BCUT2D eigenvalue weighted by Crippen LogP contribution is -2.00. The van der Waals surface area contributed by atoms with Gasteiger partial charge in [-0.15, -0.1) is 0 Å². The van der Waals surface area contributed by atoms with Gasteiger partial charge in [0.2, 0.25) is 0 Å². The maximum atomic E-state index is 2.34. The molecule has 0 amide bonds. The maximum Gasteiger partial charge on any atom is 0.0539 e. The first-order valence-electron chi connectivity index (χ1n) is 7.31. The van der Waals surface area contributed by atoms with Gasteiger partial charge >= 0.3 is 0 Å². The fourth-order valence-corrected chi connectivity index (χ4v) is 3.27. The molecule has 0 saturated carbocycles. The molecule has 3 aromatic carbocycles. The van der Waals surface area contributed by atoms with Crippen molar-refractivity contribution in [2.75, 3.05) is 0 Å². The summed E-state index contributed by atoms with van der Waals surface area (Å²) in [6, 6.07) is 24.0. The molecule has 0 fully saturated rings. The minimum atomic E-state index is 1.27. The van der Waals surface area contributed by atoms with E-state index >= 15 is 0 Å². The molecule has 0 aliphatic rings. The summed E-state index contributed by atoms with van der Waals surface area (Å²) >= 11 is 0. The number of aryl methyl sites for hydroxylation is 2. The molecular weight excluding hydrogens is 254 g/mol. The topological polar surface area (TPSA) is 4.93 Å². The molecule has 0 aliphatic carbocycles. The van der Waals surface area contributed by atoms with E-state index in [1.807, 2.05) is 0 Å². The van der Waals surface area contributed by atoms with Crippen molar-refractivity contribution in [3.05, 3.63) is 78.1 Å². The van der Waals surface area contributed by atoms with Crippen LogP contribution in [-0.2, 0) is 0 Å². The molecule has 1 heteroatoms. The van der Waals surface area contributed by atoms with Gasteiger partial charge in [0.15, 0.2) is 0 Å². The highest BCUT2D eigenvalue weighted by Crippen LogP contribution is 2.32. The predicted molar refractivity (Wildman–Crippen MR) is 90.3 cm³/mol. The number of benzene rings is 3. The number of nitrogens with zero attached hydrogens (tertiary/aromatic N) is 1. The summed E-state index contributed by atoms with van der Waals surface area (Å²) in [5.74, 6) is 0. The minimum absolute atomic E-state index is 1.27. The van der Waals surface area contributed by atoms with E-state index in [2.05, 4.69) is 85.1 Å². The number of hydrogen-bond donors (Lipinski definition) is 0. The van der Waals surface area contributed by atoms with Crippen LogP contribution in [0.3, 0.4) is 0 Å². The lowest BCUT2D eigenvalue weighted by molar-refractivity contribution is 0.976. The van der Waals surface area contributed by atoms with Gasteiger partial charge in [-0.2, -0.15) is 0 Å². The molecule has 0 bridgehead atoms. The second-order valence-electron chi connectivity index (χ2n) is 5.61. The van der Waals surface area contributed by atoms with E-state index in [9.17, 15) is 0 Å². The summed E-state index contributed by atoms with van der Waals surface area (Å²) in [7, 11) is 0. The average Bonchev–Trinajstić information content (AvgIpc) is 2.85. The van der Waals surface area contributed by atoms with Gasteiger partial charge in [-0.25, -0.2) is 0 Å². The third-order valence-electron chi connectivity index (χ3n) is 4.26. The Morgan fingerprint density at radius 3 is 1.90 bits per heavy atom. The van der Waals surface area contributed by atoms with Crippen molar-refractivity contribution < 1.29 is 0 Å². The third-order valence-corrected chi connectivity index (χ3v) is 4.26. The fourth-order valence-electron chi connectivity index (χ4n) is 3.27. The van der Waals surface area contributed by atoms with Crippen molar-refractivity contribution in [2.45, 2.75) is 13.8 Å². The molecule has 0 atom stereocenters. The summed E-state index contributed by atoms with van der Waals surface area (Å²) < 4.78 is 2.34. The van der Waals surface area contributed by atoms with Crippen molar-refractivity contribution in [3.63, 3.8) is 0 Å². The molecule has 0 saturated heterocycles. The summed E-state index contributed by atoms with van der Waals surface area (Å²) in [4.78, 5) is 0. The van der Waals surface area contributed by atoms with Crippen molar-refractivity contribution in [2.24, 2.45) is 0 Å². The smallest absolute Gasteiger partial charge is 0.0539 e. The summed E-state index contributed by atoms with van der Waals surface area (Å²) in [6.45, 7) is 4.33. The third kappa shape index (κ3) is 1.78. The Hall–Kier alpha value is -2.54. The van der Waals surface area contributed by atoms with Crippen molar-refractivity contribution in [3.8, 4) is 5.69 Å². The van der Waals surface area contributed by atoms with E-state index in [1.165, 1.54) is 38.6 Å². The molecule has 0 spiro atoms. The van der Waals surface area contributed by atoms with Gasteiger partial charge in [0.1, 0.15) is 0 Å². The van der Waals surface area contributed by atoms with Crippen LogP contribution in [0.1, 0.15) is 11.4 Å². The average molecular weight is 271 g/mol. The molecule has 4 aromatic rings. The number of aromatic nitrogens is 1. The van der Waals surface area contributed by atoms with E-state index in [1.54, 1.807) is 0 Å². The number of fused-ring (bicyclic) bond motifs is 3. The van der Waals surface area contributed by atoms with Crippen LogP contribution in [0.25, 0.3) is 27.2 Å². The monoisotopic (exact) mass is 271 g/mol. The first-order chi connectivity index (χ1) is 10.3. The van der Waals surface area contributed by atoms with Crippen LogP contribution in [0.15, 0.2) is 66.7 Å². The minimum Gasteiger partial charge on any atom is -0.318 e. The van der Waals surface area contributed by atoms with E-state index in [4.69, 9.17) is 0 Å². The summed E-state index contributed by atoms with van der Waals surface area (Å²) in [5.41, 5.74) is 3.81. The van der Waals surface area contributed by atoms with Crippen molar-refractivity contribution in [1.29, 1.82) is 0 Å². The van der Waals surface area contributed by atoms with Crippen LogP contribution in [0.2, 0.25) is 0 Å². The quantitative estimate of drug-likeness (QED) is 0.408. The summed E-state index contributed by atoms with van der Waals surface area (Å²) in [6.07, 6.45) is 0. The fraction of sp³-hybridized carbons (Fsp3) is 0.100. The largest absolute Gasteiger partial charge is 0.318 e. The van der Waals surface area contributed by atoms with Gasteiger partial charge in [0.25, 0.3) is 0 Å². The Labute approximate surface area is 124 Å². The van der Waals surface area contributed by atoms with Gasteiger partial charge in [-0.1, -0.05) is 48.5 Å². The van der Waals surface area contributed by atoms with Gasteiger partial charge in [0.05, 0.1) is 5.69 Å². The molecule has 102 valence electrons. The summed E-state index contributed by atoms with van der Waals surface area (Å²) in [5, 5.41) is 5.23. The lowest BCUT2D eigenvalue weighted by Gasteiger charge is -2.15. The highest BCUT2D eigenvalue weighted by molar-refractivity contribution is 6.11. The Balaban J connectivity index is 2.22. The van der Waals surface area contributed by atoms with Gasteiger partial charge in [-0.05, 0) is 48.2 Å². The number of hydrogen-bond acceptors (Lipinski definition) is 0. The molecule has 0 unspecified atom stereocenters. The van der Waals surface area contributed by atoms with Crippen LogP contribution in [0.5, 0.6) is 0 Å². The highest BCUT2D eigenvalue weighted by Gasteiger charge is 2.10. The molecule has 1 heterocycles. The van der Waals surface area contributed by atoms with Crippen LogP contribution in [0.4, 0.5) is 0 Å². The first-order valence-corrected chi connectivity index (χ1v) is 7.31. The Morgan fingerprint density at radius 2 is 1.19 bits per heavy atom. The second-order valence-corrected chi connectivity index (χ2v) is 5.61. The lowest BCUT2D eigenvalue weighted by atomic mass is 10.00. The maximum absolute atomic E-state index is 2.34. The van der Waals surface area contributed by atoms with Crippen LogP contribution >= 0.6 is 0 Å².